The Labute approximate surface area is 145 Å². The Balaban J connectivity index is 2.15. The Kier molecular flexibility index (Phi) is 4.52. The molecule has 128 valence electrons. The van der Waals surface area contributed by atoms with Crippen molar-refractivity contribution in [1.82, 2.24) is 9.72 Å². The van der Waals surface area contributed by atoms with Crippen LogP contribution in [0.2, 0.25) is 0 Å². The van der Waals surface area contributed by atoms with Crippen LogP contribution in [-0.2, 0) is 11.3 Å². The number of hydrogen-bond acceptors (Lipinski definition) is 4. The second-order valence-electron chi connectivity index (χ2n) is 5.94. The fourth-order valence-corrected chi connectivity index (χ4v) is 2.84. The summed E-state index contributed by atoms with van der Waals surface area (Å²) in [5.41, 5.74) is 3.31. The SMILES string of the molecule is CC(=O)Nc1cc(-c2c(C)noc2C)cn(Cc2ccccc2)c1=O. The molecule has 0 aliphatic heterocycles. The smallest absolute Gasteiger partial charge is 0.274 e. The molecular weight excluding hydrogens is 318 g/mol. The van der Waals surface area contributed by atoms with E-state index in [1.807, 2.05) is 44.2 Å². The molecule has 3 aromatic rings. The summed E-state index contributed by atoms with van der Waals surface area (Å²) in [5, 5.41) is 6.59. The van der Waals surface area contributed by atoms with Crippen LogP contribution in [0.3, 0.4) is 0 Å². The Morgan fingerprint density at radius 1 is 1.24 bits per heavy atom. The monoisotopic (exact) mass is 337 g/mol. The van der Waals surface area contributed by atoms with Gasteiger partial charge in [0.05, 0.1) is 12.2 Å². The molecule has 0 radical (unpaired) electrons. The molecule has 0 aliphatic carbocycles. The number of rotatable bonds is 4. The third kappa shape index (κ3) is 3.52. The van der Waals surface area contributed by atoms with E-state index < -0.39 is 0 Å². The number of pyridine rings is 1. The lowest BCUT2D eigenvalue weighted by Gasteiger charge is -2.12. The number of aryl methyl sites for hydroxylation is 2. The molecule has 6 heteroatoms. The summed E-state index contributed by atoms with van der Waals surface area (Å²) in [6.07, 6.45) is 1.77. The highest BCUT2D eigenvalue weighted by Gasteiger charge is 2.16. The van der Waals surface area contributed by atoms with Gasteiger partial charge in [0.15, 0.2) is 0 Å². The average molecular weight is 337 g/mol. The normalized spacial score (nSPS) is 10.7. The van der Waals surface area contributed by atoms with E-state index in [-0.39, 0.29) is 17.2 Å². The molecule has 0 atom stereocenters. The van der Waals surface area contributed by atoms with Crippen molar-refractivity contribution in [3.05, 3.63) is 70.0 Å². The van der Waals surface area contributed by atoms with E-state index in [1.54, 1.807) is 16.8 Å². The quantitative estimate of drug-likeness (QED) is 0.793. The van der Waals surface area contributed by atoms with Crippen molar-refractivity contribution in [2.75, 3.05) is 5.32 Å². The van der Waals surface area contributed by atoms with Gasteiger partial charge in [0.1, 0.15) is 11.4 Å². The molecule has 1 aromatic carbocycles. The Bertz CT molecular complexity index is 952. The third-order valence-electron chi connectivity index (χ3n) is 3.91. The summed E-state index contributed by atoms with van der Waals surface area (Å²) in [5.74, 6) is 0.371. The van der Waals surface area contributed by atoms with Gasteiger partial charge in [0, 0.05) is 24.2 Å². The first-order valence-electron chi connectivity index (χ1n) is 7.95. The minimum atomic E-state index is -0.292. The lowest BCUT2D eigenvalue weighted by molar-refractivity contribution is -0.114. The van der Waals surface area contributed by atoms with Crippen LogP contribution in [0, 0.1) is 13.8 Å². The third-order valence-corrected chi connectivity index (χ3v) is 3.91. The molecule has 1 amide bonds. The topological polar surface area (TPSA) is 77.1 Å². The molecular formula is C19H19N3O3. The molecule has 0 saturated heterocycles. The fourth-order valence-electron chi connectivity index (χ4n) is 2.84. The van der Waals surface area contributed by atoms with Crippen LogP contribution in [0.25, 0.3) is 11.1 Å². The number of benzene rings is 1. The van der Waals surface area contributed by atoms with E-state index in [0.29, 0.717) is 12.3 Å². The van der Waals surface area contributed by atoms with Gasteiger partial charge in [0.2, 0.25) is 5.91 Å². The van der Waals surface area contributed by atoms with Gasteiger partial charge in [-0.25, -0.2) is 0 Å². The number of hydrogen-bond donors (Lipinski definition) is 1. The molecule has 1 N–H and O–H groups in total. The van der Waals surface area contributed by atoms with E-state index in [1.165, 1.54) is 6.92 Å². The Hall–Kier alpha value is -3.15. The van der Waals surface area contributed by atoms with Crippen molar-refractivity contribution in [3.8, 4) is 11.1 Å². The van der Waals surface area contributed by atoms with E-state index in [9.17, 15) is 9.59 Å². The molecule has 0 unspecified atom stereocenters. The highest BCUT2D eigenvalue weighted by molar-refractivity contribution is 5.89. The highest BCUT2D eigenvalue weighted by Crippen LogP contribution is 2.27. The van der Waals surface area contributed by atoms with Crippen LogP contribution in [0.5, 0.6) is 0 Å². The van der Waals surface area contributed by atoms with Gasteiger partial charge in [-0.05, 0) is 25.5 Å². The number of nitrogens with zero attached hydrogens (tertiary/aromatic N) is 2. The maximum absolute atomic E-state index is 12.7. The van der Waals surface area contributed by atoms with Crippen LogP contribution in [-0.4, -0.2) is 15.6 Å². The summed E-state index contributed by atoms with van der Waals surface area (Å²) in [4.78, 5) is 24.2. The largest absolute Gasteiger partial charge is 0.361 e. The molecule has 0 aliphatic rings. The predicted molar refractivity (Wildman–Crippen MR) is 95.5 cm³/mol. The number of anilines is 1. The Morgan fingerprint density at radius 3 is 2.56 bits per heavy atom. The molecule has 2 heterocycles. The first-order valence-corrected chi connectivity index (χ1v) is 7.95. The summed E-state index contributed by atoms with van der Waals surface area (Å²) in [6, 6.07) is 11.3. The number of aromatic nitrogens is 2. The maximum atomic E-state index is 12.7. The van der Waals surface area contributed by atoms with Crippen molar-refractivity contribution >= 4 is 11.6 Å². The van der Waals surface area contributed by atoms with Crippen molar-refractivity contribution in [2.24, 2.45) is 0 Å². The number of amides is 1. The number of carbonyl (C=O) groups excluding carboxylic acids is 1. The summed E-state index contributed by atoms with van der Waals surface area (Å²) < 4.78 is 6.82. The van der Waals surface area contributed by atoms with E-state index in [4.69, 9.17) is 4.52 Å². The van der Waals surface area contributed by atoms with Crippen molar-refractivity contribution in [1.29, 1.82) is 0 Å². The van der Waals surface area contributed by atoms with Gasteiger partial charge in [-0.3, -0.25) is 9.59 Å². The number of nitrogens with one attached hydrogen (secondary N) is 1. The van der Waals surface area contributed by atoms with Crippen LogP contribution >= 0.6 is 0 Å². The second-order valence-corrected chi connectivity index (χ2v) is 5.94. The molecule has 6 nitrogen and oxygen atoms in total. The first kappa shape index (κ1) is 16.7. The Morgan fingerprint density at radius 2 is 1.96 bits per heavy atom. The zero-order chi connectivity index (χ0) is 18.0. The molecule has 0 fully saturated rings. The zero-order valence-electron chi connectivity index (χ0n) is 14.4. The van der Waals surface area contributed by atoms with Gasteiger partial charge in [-0.15, -0.1) is 0 Å². The average Bonchev–Trinajstić information content (AvgIpc) is 2.90. The molecule has 3 rings (SSSR count). The van der Waals surface area contributed by atoms with E-state index in [2.05, 4.69) is 10.5 Å². The standard InChI is InChI=1S/C19H19N3O3/c1-12-18(13(2)25-21-12)16-9-17(20-14(3)23)19(24)22(11-16)10-15-7-5-4-6-8-15/h4-9,11H,10H2,1-3H3,(H,20,23). The summed E-state index contributed by atoms with van der Waals surface area (Å²) in [6.45, 7) is 5.45. The van der Waals surface area contributed by atoms with Crippen molar-refractivity contribution in [3.63, 3.8) is 0 Å². The van der Waals surface area contributed by atoms with Gasteiger partial charge in [0.25, 0.3) is 5.56 Å². The van der Waals surface area contributed by atoms with Gasteiger partial charge < -0.3 is 14.4 Å². The molecule has 25 heavy (non-hydrogen) atoms. The van der Waals surface area contributed by atoms with Gasteiger partial charge in [-0.1, -0.05) is 35.5 Å². The van der Waals surface area contributed by atoms with Crippen molar-refractivity contribution in [2.45, 2.75) is 27.3 Å². The van der Waals surface area contributed by atoms with Crippen molar-refractivity contribution < 1.29 is 9.32 Å². The zero-order valence-corrected chi connectivity index (χ0v) is 14.4. The molecule has 2 aromatic heterocycles. The minimum absolute atomic E-state index is 0.237. The van der Waals surface area contributed by atoms with E-state index >= 15 is 0 Å². The van der Waals surface area contributed by atoms with Gasteiger partial charge >= 0.3 is 0 Å². The van der Waals surface area contributed by atoms with E-state index in [0.717, 1.165) is 22.4 Å². The molecule has 0 saturated carbocycles. The lowest BCUT2D eigenvalue weighted by atomic mass is 10.1. The van der Waals surface area contributed by atoms with Crippen LogP contribution < -0.4 is 10.9 Å². The summed E-state index contributed by atoms with van der Waals surface area (Å²) in [7, 11) is 0. The maximum Gasteiger partial charge on any atom is 0.274 e. The number of carbonyl (C=O) groups is 1. The molecule has 0 bridgehead atoms. The lowest BCUT2D eigenvalue weighted by Crippen LogP contribution is -2.25. The fraction of sp³-hybridized carbons (Fsp3) is 0.211. The van der Waals surface area contributed by atoms with Crippen LogP contribution in [0.1, 0.15) is 23.9 Å². The highest BCUT2D eigenvalue weighted by atomic mass is 16.5. The minimum Gasteiger partial charge on any atom is -0.361 e. The van der Waals surface area contributed by atoms with Gasteiger partial charge in [-0.2, -0.15) is 0 Å². The first-order chi connectivity index (χ1) is 12.0. The van der Waals surface area contributed by atoms with Crippen LogP contribution in [0.4, 0.5) is 5.69 Å². The summed E-state index contributed by atoms with van der Waals surface area (Å²) >= 11 is 0. The predicted octanol–water partition coefficient (Wildman–Crippen LogP) is 3.13. The van der Waals surface area contributed by atoms with Crippen LogP contribution in [0.15, 0.2) is 51.9 Å². The molecule has 0 spiro atoms. The second kappa shape index (κ2) is 6.76.